The molecule has 0 spiro atoms. The van der Waals surface area contributed by atoms with Crippen LogP contribution in [-0.2, 0) is 0 Å². The molecule has 1 saturated heterocycles. The monoisotopic (exact) mass is 274 g/mol. The second-order valence-electron chi connectivity index (χ2n) is 5.65. The van der Waals surface area contributed by atoms with Crippen molar-refractivity contribution in [3.8, 4) is 0 Å². The summed E-state index contributed by atoms with van der Waals surface area (Å²) < 4.78 is 0. The molecular weight excluding hydrogens is 252 g/mol. The second-order valence-corrected chi connectivity index (χ2v) is 5.65. The van der Waals surface area contributed by atoms with E-state index < -0.39 is 0 Å². The highest BCUT2D eigenvalue weighted by atomic mass is 15.3. The van der Waals surface area contributed by atoms with E-state index in [4.69, 9.17) is 4.98 Å². The molecule has 1 aliphatic heterocycles. The van der Waals surface area contributed by atoms with Gasteiger partial charge in [-0.3, -0.25) is 0 Å². The number of H-pyrrole nitrogens is 1. The van der Waals surface area contributed by atoms with Gasteiger partial charge < -0.3 is 15.2 Å². The minimum atomic E-state index is 0.547. The van der Waals surface area contributed by atoms with Gasteiger partial charge in [-0.25, -0.2) is 4.98 Å². The van der Waals surface area contributed by atoms with Crippen molar-refractivity contribution in [2.45, 2.75) is 39.7 Å². The summed E-state index contributed by atoms with van der Waals surface area (Å²) in [5.74, 6) is 2.27. The third kappa shape index (κ3) is 2.19. The molecule has 0 radical (unpaired) electrons. The average molecular weight is 274 g/mol. The van der Waals surface area contributed by atoms with E-state index in [-0.39, 0.29) is 0 Å². The molecule has 1 fully saturated rings. The van der Waals surface area contributed by atoms with Gasteiger partial charge in [-0.15, -0.1) is 0 Å². The molecule has 6 nitrogen and oxygen atoms in total. The van der Waals surface area contributed by atoms with Crippen molar-refractivity contribution in [2.75, 3.05) is 23.3 Å². The molecule has 0 amide bonds. The molecule has 20 heavy (non-hydrogen) atoms. The zero-order chi connectivity index (χ0) is 14.1. The molecule has 0 bridgehead atoms. The number of aromatic nitrogens is 4. The maximum Gasteiger partial charge on any atom is 0.226 e. The van der Waals surface area contributed by atoms with Crippen LogP contribution in [0.15, 0.2) is 6.33 Å². The van der Waals surface area contributed by atoms with Gasteiger partial charge in [0.15, 0.2) is 11.5 Å². The topological polar surface area (TPSA) is 69.7 Å². The van der Waals surface area contributed by atoms with Crippen molar-refractivity contribution in [1.82, 2.24) is 19.9 Å². The van der Waals surface area contributed by atoms with Crippen LogP contribution in [0.25, 0.3) is 11.2 Å². The van der Waals surface area contributed by atoms with Crippen LogP contribution in [0.4, 0.5) is 11.8 Å². The molecule has 2 aromatic heterocycles. The summed E-state index contributed by atoms with van der Waals surface area (Å²) in [4.78, 5) is 19.0. The number of hydrogen-bond donors (Lipinski definition) is 2. The first-order chi connectivity index (χ1) is 9.70. The first-order valence-electron chi connectivity index (χ1n) is 7.42. The summed E-state index contributed by atoms with van der Waals surface area (Å²) in [5, 5.41) is 3.19. The van der Waals surface area contributed by atoms with Crippen molar-refractivity contribution in [3.05, 3.63) is 6.33 Å². The summed E-state index contributed by atoms with van der Waals surface area (Å²) in [5.41, 5.74) is 1.68. The van der Waals surface area contributed by atoms with Crippen molar-refractivity contribution in [1.29, 1.82) is 0 Å². The fourth-order valence-corrected chi connectivity index (χ4v) is 3.01. The minimum Gasteiger partial charge on any atom is -0.354 e. The van der Waals surface area contributed by atoms with Crippen molar-refractivity contribution in [3.63, 3.8) is 0 Å². The molecule has 0 saturated carbocycles. The van der Waals surface area contributed by atoms with E-state index in [0.717, 1.165) is 30.1 Å². The van der Waals surface area contributed by atoms with Crippen LogP contribution in [0.1, 0.15) is 33.6 Å². The Labute approximate surface area is 119 Å². The van der Waals surface area contributed by atoms with E-state index in [0.29, 0.717) is 17.9 Å². The number of fused-ring (bicyclic) bond motifs is 1. The number of hydrogen-bond acceptors (Lipinski definition) is 5. The molecule has 108 valence electrons. The largest absolute Gasteiger partial charge is 0.354 e. The number of nitrogens with zero attached hydrogens (tertiary/aromatic N) is 4. The molecule has 2 N–H and O–H groups in total. The first kappa shape index (κ1) is 13.1. The lowest BCUT2D eigenvalue weighted by Gasteiger charge is -2.29. The highest BCUT2D eigenvalue weighted by Crippen LogP contribution is 2.32. The molecule has 3 rings (SSSR count). The molecule has 6 heteroatoms. The van der Waals surface area contributed by atoms with E-state index >= 15 is 0 Å². The molecule has 0 aromatic carbocycles. The highest BCUT2D eigenvalue weighted by molar-refractivity contribution is 5.84. The summed E-state index contributed by atoms with van der Waals surface area (Å²) >= 11 is 0. The molecule has 1 unspecified atom stereocenters. The van der Waals surface area contributed by atoms with Crippen LogP contribution in [0.5, 0.6) is 0 Å². The SMILES string of the molecule is CCNc1nc(N2CCCC2C(C)C)c2[nH]cnc2n1. The Kier molecular flexibility index (Phi) is 3.46. The Morgan fingerprint density at radius 3 is 3.05 bits per heavy atom. The fraction of sp³-hybridized carbons (Fsp3) is 0.643. The molecular formula is C14H22N6. The molecule has 3 heterocycles. The maximum absolute atomic E-state index is 4.71. The van der Waals surface area contributed by atoms with Gasteiger partial charge in [-0.1, -0.05) is 13.8 Å². The number of imidazole rings is 1. The lowest BCUT2D eigenvalue weighted by Crippen LogP contribution is -2.34. The Morgan fingerprint density at radius 2 is 2.30 bits per heavy atom. The molecule has 0 aliphatic carbocycles. The Bertz CT molecular complexity index is 590. The summed E-state index contributed by atoms with van der Waals surface area (Å²) in [7, 11) is 0. The molecule has 1 atom stereocenters. The predicted molar refractivity (Wildman–Crippen MR) is 81.1 cm³/mol. The van der Waals surface area contributed by atoms with E-state index in [1.165, 1.54) is 12.8 Å². The van der Waals surface area contributed by atoms with Gasteiger partial charge in [0.05, 0.1) is 6.33 Å². The summed E-state index contributed by atoms with van der Waals surface area (Å²) in [6, 6.07) is 0.547. The van der Waals surface area contributed by atoms with Crippen molar-refractivity contribution in [2.24, 2.45) is 5.92 Å². The van der Waals surface area contributed by atoms with E-state index in [1.54, 1.807) is 6.33 Å². The minimum absolute atomic E-state index is 0.547. The summed E-state index contributed by atoms with van der Waals surface area (Å²) in [6.45, 7) is 8.46. The van der Waals surface area contributed by atoms with Gasteiger partial charge in [-0.2, -0.15) is 9.97 Å². The Hall–Kier alpha value is -1.85. The standard InChI is InChI=1S/C14H22N6/c1-4-15-14-18-12-11(16-8-17-12)13(19-14)20-7-5-6-10(20)9(2)3/h8-10H,4-7H2,1-3H3,(H2,15,16,17,18,19). The predicted octanol–water partition coefficient (Wildman–Crippen LogP) is 2.41. The fourth-order valence-electron chi connectivity index (χ4n) is 3.01. The lowest BCUT2D eigenvalue weighted by molar-refractivity contribution is 0.490. The van der Waals surface area contributed by atoms with Gasteiger partial charge in [0, 0.05) is 19.1 Å². The van der Waals surface area contributed by atoms with Crippen LogP contribution < -0.4 is 10.2 Å². The number of nitrogens with one attached hydrogen (secondary N) is 2. The maximum atomic E-state index is 4.71. The van der Waals surface area contributed by atoms with Crippen LogP contribution in [0, 0.1) is 5.92 Å². The van der Waals surface area contributed by atoms with Crippen LogP contribution in [0.3, 0.4) is 0 Å². The van der Waals surface area contributed by atoms with Crippen molar-refractivity contribution >= 4 is 22.9 Å². The average Bonchev–Trinajstić information content (AvgIpc) is 3.06. The van der Waals surface area contributed by atoms with Crippen LogP contribution in [-0.4, -0.2) is 39.1 Å². The highest BCUT2D eigenvalue weighted by Gasteiger charge is 2.30. The number of aromatic amines is 1. The number of rotatable bonds is 4. The summed E-state index contributed by atoms with van der Waals surface area (Å²) in [6.07, 6.45) is 4.14. The van der Waals surface area contributed by atoms with Gasteiger partial charge in [0.25, 0.3) is 0 Å². The third-order valence-corrected chi connectivity index (χ3v) is 3.94. The second kappa shape index (κ2) is 5.26. The first-order valence-corrected chi connectivity index (χ1v) is 7.42. The van der Waals surface area contributed by atoms with Crippen molar-refractivity contribution < 1.29 is 0 Å². The van der Waals surface area contributed by atoms with E-state index in [2.05, 4.69) is 39.0 Å². The Balaban J connectivity index is 2.06. The van der Waals surface area contributed by atoms with Crippen LogP contribution in [0.2, 0.25) is 0 Å². The molecule has 1 aliphatic rings. The lowest BCUT2D eigenvalue weighted by atomic mass is 10.0. The van der Waals surface area contributed by atoms with Crippen LogP contribution >= 0.6 is 0 Å². The third-order valence-electron chi connectivity index (χ3n) is 3.94. The molecule has 2 aromatic rings. The van der Waals surface area contributed by atoms with Gasteiger partial charge >= 0.3 is 0 Å². The Morgan fingerprint density at radius 1 is 1.45 bits per heavy atom. The van der Waals surface area contributed by atoms with Gasteiger partial charge in [-0.05, 0) is 25.7 Å². The zero-order valence-corrected chi connectivity index (χ0v) is 12.3. The quantitative estimate of drug-likeness (QED) is 0.896. The van der Waals surface area contributed by atoms with Gasteiger partial charge in [0.2, 0.25) is 5.95 Å². The normalized spacial score (nSPS) is 19.2. The number of anilines is 2. The smallest absolute Gasteiger partial charge is 0.226 e. The van der Waals surface area contributed by atoms with E-state index in [9.17, 15) is 0 Å². The van der Waals surface area contributed by atoms with E-state index in [1.807, 2.05) is 6.92 Å². The van der Waals surface area contributed by atoms with Gasteiger partial charge in [0.1, 0.15) is 5.52 Å². The zero-order valence-electron chi connectivity index (χ0n) is 12.3.